The summed E-state index contributed by atoms with van der Waals surface area (Å²) in [7, 11) is -5.96. The van der Waals surface area contributed by atoms with Gasteiger partial charge in [0.1, 0.15) is 34.5 Å². The number of hydrogen-bond acceptors (Lipinski definition) is 6. The fourth-order valence-electron chi connectivity index (χ4n) is 7.45. The Bertz CT molecular complexity index is 2870. The van der Waals surface area contributed by atoms with Crippen LogP contribution in [0.15, 0.2) is 222 Å². The molecular weight excluding hydrogens is 899 g/mol. The van der Waals surface area contributed by atoms with Crippen LogP contribution in [0, 0.1) is 5.92 Å². The molecule has 8 aromatic carbocycles. The average Bonchev–Trinajstić information content (AvgIpc) is 3.38. The van der Waals surface area contributed by atoms with Crippen molar-refractivity contribution >= 4 is 59.6 Å². The van der Waals surface area contributed by atoms with Gasteiger partial charge in [0.05, 0.1) is 0 Å². The molecule has 0 amide bonds. The predicted octanol–water partition coefficient (Wildman–Crippen LogP) is 19.2. The van der Waals surface area contributed by atoms with Crippen LogP contribution in [0.1, 0.15) is 54.9 Å². The predicted molar refractivity (Wildman–Crippen MR) is 293 cm³/mol. The molecule has 0 bridgehead atoms. The Hall–Kier alpha value is -6.23. The van der Waals surface area contributed by atoms with Gasteiger partial charge in [0.25, 0.3) is 0 Å². The van der Waals surface area contributed by atoms with E-state index in [2.05, 4.69) is 98.8 Å². The molecule has 9 heteroatoms. The van der Waals surface area contributed by atoms with E-state index in [1.165, 1.54) is 0 Å². The maximum atomic E-state index is 6.98. The van der Waals surface area contributed by atoms with E-state index >= 15 is 0 Å². The first-order chi connectivity index (χ1) is 33.2. The van der Waals surface area contributed by atoms with E-state index in [0.717, 1.165) is 54.1 Å². The smallest absolute Gasteiger partial charge is 0.409 e. The van der Waals surface area contributed by atoms with Crippen molar-refractivity contribution < 1.29 is 27.1 Å². The highest BCUT2D eigenvalue weighted by atomic mass is 32.3. The summed E-state index contributed by atoms with van der Waals surface area (Å²) in [5.74, 6) is 4.09. The van der Waals surface area contributed by atoms with Gasteiger partial charge in [-0.3, -0.25) is 0 Å². The van der Waals surface area contributed by atoms with Crippen molar-refractivity contribution in [2.45, 2.75) is 64.7 Å². The Balaban J connectivity index is 0.00000185. The Morgan fingerprint density at radius 1 is 0.485 bits per heavy atom. The van der Waals surface area contributed by atoms with Gasteiger partial charge in [0, 0.05) is 25.9 Å². The van der Waals surface area contributed by atoms with E-state index in [1.54, 1.807) is 0 Å². The zero-order valence-electron chi connectivity index (χ0n) is 40.7. The lowest BCUT2D eigenvalue weighted by Crippen LogP contribution is -2.08. The third-order valence-corrected chi connectivity index (χ3v) is 15.9. The first kappa shape index (κ1) is 51.2. The zero-order valence-corrected chi connectivity index (χ0v) is 43.3. The van der Waals surface area contributed by atoms with Gasteiger partial charge in [0.2, 0.25) is 0 Å². The fraction of sp³-hybridized carbons (Fsp3) is 0.186. The molecule has 8 aromatic rings. The average molecular weight is 963 g/mol. The molecule has 0 saturated carbocycles. The highest BCUT2D eigenvalue weighted by molar-refractivity contribution is 8.32. The lowest BCUT2D eigenvalue weighted by atomic mass is 9.97. The maximum absolute atomic E-state index is 6.98. The Morgan fingerprint density at radius 2 is 0.824 bits per heavy atom. The number of para-hydroxylation sites is 2. The maximum Gasteiger partial charge on any atom is 0.530 e. The molecule has 0 aliphatic carbocycles. The summed E-state index contributed by atoms with van der Waals surface area (Å²) in [6, 6.07) is 58.8. The van der Waals surface area contributed by atoms with Gasteiger partial charge in [-0.1, -0.05) is 187 Å². The van der Waals surface area contributed by atoms with Crippen LogP contribution < -0.4 is 22.6 Å². The van der Waals surface area contributed by atoms with E-state index in [1.807, 2.05) is 163 Å². The van der Waals surface area contributed by atoms with E-state index in [4.69, 9.17) is 27.1 Å². The topological polar surface area (TPSA) is 55.4 Å². The standard InChI is InChI=1S/C55H52O6P2S.2C2H6/c1-7-9-23-40(3)41(4)48(8-2)56-62(57-49-35-20-27-42-24-10-13-30-45(42)49)60-52-33-16-18-38-54(52)64(5,6)55-39-19-17-34-53(55)61-63(58-50-36-21-28-43-25-11-14-31-46(43)50)59-51-37-22-29-44-26-12-15-32-47(44)51;2*1-2/h7-22,24-40H,4,23H2,1-3,5-6H3;2*1-2H3/b9-7-,48-8+;;. The lowest BCUT2D eigenvalue weighted by Gasteiger charge is -2.35. The number of hydrogen-bond donors (Lipinski definition) is 0. The molecule has 352 valence electrons. The van der Waals surface area contributed by atoms with Gasteiger partial charge in [-0.05, 0) is 109 Å². The van der Waals surface area contributed by atoms with Crippen molar-refractivity contribution in [1.29, 1.82) is 0 Å². The third-order valence-electron chi connectivity index (χ3n) is 11.0. The summed E-state index contributed by atoms with van der Waals surface area (Å²) >= 11 is 0. The summed E-state index contributed by atoms with van der Waals surface area (Å²) in [5, 5.41) is 6.07. The second-order valence-corrected chi connectivity index (χ2v) is 21.1. The highest BCUT2D eigenvalue weighted by Gasteiger charge is 2.32. The van der Waals surface area contributed by atoms with Crippen molar-refractivity contribution in [1.82, 2.24) is 0 Å². The van der Waals surface area contributed by atoms with Crippen LogP contribution in [-0.4, -0.2) is 12.5 Å². The molecule has 2 atom stereocenters. The molecule has 2 unspecified atom stereocenters. The minimum atomic E-state index is -2.04. The van der Waals surface area contributed by atoms with Gasteiger partial charge in [-0.2, -0.15) is 10.0 Å². The molecule has 0 radical (unpaired) electrons. The molecule has 0 aliphatic rings. The van der Waals surface area contributed by atoms with Gasteiger partial charge >= 0.3 is 17.2 Å². The number of allylic oxidation sites excluding steroid dienone is 4. The number of fused-ring (bicyclic) bond motifs is 3. The summed E-state index contributed by atoms with van der Waals surface area (Å²) in [6.07, 6.45) is 11.5. The molecule has 68 heavy (non-hydrogen) atoms. The van der Waals surface area contributed by atoms with E-state index in [-0.39, 0.29) is 5.92 Å². The van der Waals surface area contributed by atoms with Crippen LogP contribution in [0.4, 0.5) is 0 Å². The van der Waals surface area contributed by atoms with Crippen LogP contribution in [0.25, 0.3) is 32.3 Å². The normalized spacial score (nSPS) is 12.6. The summed E-state index contributed by atoms with van der Waals surface area (Å²) in [5.41, 5.74) is 0.872. The fourth-order valence-corrected chi connectivity index (χ4v) is 12.1. The summed E-state index contributed by atoms with van der Waals surface area (Å²) < 4.78 is 41.0. The van der Waals surface area contributed by atoms with Gasteiger partial charge in [0.15, 0.2) is 0 Å². The van der Waals surface area contributed by atoms with Gasteiger partial charge < -0.3 is 27.1 Å². The molecule has 0 aliphatic heterocycles. The molecule has 0 saturated heterocycles. The van der Waals surface area contributed by atoms with Crippen LogP contribution >= 0.6 is 27.2 Å². The Morgan fingerprint density at radius 3 is 1.25 bits per heavy atom. The second-order valence-electron chi connectivity index (χ2n) is 15.5. The first-order valence-corrected chi connectivity index (χ1v) is 27.9. The third kappa shape index (κ3) is 12.4. The zero-order chi connectivity index (χ0) is 48.5. The van der Waals surface area contributed by atoms with Gasteiger partial charge in [-0.15, -0.1) is 0 Å². The molecule has 8 rings (SSSR count). The molecule has 0 spiro atoms. The van der Waals surface area contributed by atoms with E-state index in [9.17, 15) is 0 Å². The van der Waals surface area contributed by atoms with Gasteiger partial charge in [-0.25, -0.2) is 0 Å². The van der Waals surface area contributed by atoms with Crippen molar-refractivity contribution in [3.8, 4) is 28.7 Å². The molecule has 0 heterocycles. The lowest BCUT2D eigenvalue weighted by molar-refractivity contribution is 0.329. The molecule has 0 N–H and O–H groups in total. The van der Waals surface area contributed by atoms with E-state index in [0.29, 0.717) is 34.5 Å². The molecule has 0 aromatic heterocycles. The van der Waals surface area contributed by atoms with Crippen molar-refractivity contribution in [3.63, 3.8) is 0 Å². The van der Waals surface area contributed by atoms with Crippen molar-refractivity contribution in [2.75, 3.05) is 12.5 Å². The van der Waals surface area contributed by atoms with Crippen LogP contribution in [-0.2, 0) is 4.52 Å². The van der Waals surface area contributed by atoms with Crippen LogP contribution in [0.5, 0.6) is 28.7 Å². The summed E-state index contributed by atoms with van der Waals surface area (Å²) in [6.45, 7) is 18.6. The highest BCUT2D eigenvalue weighted by Crippen LogP contribution is 2.64. The Kier molecular flexibility index (Phi) is 19.0. The molecule has 6 nitrogen and oxygen atoms in total. The Labute approximate surface area is 408 Å². The number of rotatable bonds is 18. The van der Waals surface area contributed by atoms with Crippen molar-refractivity contribution in [2.24, 2.45) is 5.92 Å². The van der Waals surface area contributed by atoms with Crippen molar-refractivity contribution in [3.05, 3.63) is 212 Å². The quantitative estimate of drug-likeness (QED) is 0.0370. The molecular formula is C59H64O6P2S. The monoisotopic (exact) mass is 962 g/mol. The minimum absolute atomic E-state index is 0.142. The first-order valence-electron chi connectivity index (χ1n) is 23.2. The van der Waals surface area contributed by atoms with E-state index < -0.39 is 27.2 Å². The summed E-state index contributed by atoms with van der Waals surface area (Å²) in [4.78, 5) is 1.97. The molecule has 0 fully saturated rings. The van der Waals surface area contributed by atoms with Crippen LogP contribution in [0.2, 0.25) is 0 Å². The van der Waals surface area contributed by atoms with Crippen LogP contribution in [0.3, 0.4) is 0 Å². The number of benzene rings is 8. The SMILES string of the molecule is C=C(/C(=C\C)OP(Oc1ccccc1S(C)(C)c1ccccc1OP(Oc1cccc2ccccc12)Oc1cccc2ccccc12)Oc1cccc2ccccc12)C(C)C/C=C\C.CC.CC. The largest absolute Gasteiger partial charge is 0.530 e. The minimum Gasteiger partial charge on any atom is -0.409 e. The second kappa shape index (κ2) is 25.2.